The van der Waals surface area contributed by atoms with Gasteiger partial charge in [-0.15, -0.1) is 12.6 Å². The van der Waals surface area contributed by atoms with E-state index in [-0.39, 0.29) is 17.3 Å². The second-order valence-corrected chi connectivity index (χ2v) is 5.58. The van der Waals surface area contributed by atoms with Gasteiger partial charge in [-0.3, -0.25) is 0 Å². The molecule has 0 spiro atoms. The standard InChI is InChI=1S/C8H7F3N2O2S2/c9-8(10,11)4-1-5-7(2-6(4)16)17(14,15)13-3-12-5/h1-2,12-13,16H,3H2. The Labute approximate surface area is 101 Å². The highest BCUT2D eigenvalue weighted by Gasteiger charge is 2.35. The van der Waals surface area contributed by atoms with Crippen LogP contribution in [-0.2, 0) is 16.2 Å². The number of sulfonamides is 1. The summed E-state index contributed by atoms with van der Waals surface area (Å²) >= 11 is 3.66. The molecule has 2 N–H and O–H groups in total. The van der Waals surface area contributed by atoms with E-state index in [2.05, 4.69) is 22.7 Å². The zero-order chi connectivity index (χ0) is 12.8. The second kappa shape index (κ2) is 3.79. The molecule has 1 aromatic rings. The topological polar surface area (TPSA) is 58.2 Å². The van der Waals surface area contributed by atoms with Crippen molar-refractivity contribution < 1.29 is 21.6 Å². The van der Waals surface area contributed by atoms with Crippen LogP contribution in [0.5, 0.6) is 0 Å². The van der Waals surface area contributed by atoms with Gasteiger partial charge in [0.25, 0.3) is 0 Å². The molecule has 0 aliphatic carbocycles. The molecule has 0 saturated heterocycles. The summed E-state index contributed by atoms with van der Waals surface area (Å²) in [4.78, 5) is -0.660. The van der Waals surface area contributed by atoms with Crippen LogP contribution in [0, 0.1) is 0 Å². The third-order valence-corrected chi connectivity index (χ3v) is 4.05. The predicted octanol–water partition coefficient (Wildman–Crippen LogP) is 1.66. The van der Waals surface area contributed by atoms with Gasteiger partial charge in [-0.05, 0) is 12.1 Å². The maximum atomic E-state index is 12.6. The van der Waals surface area contributed by atoms with Crippen molar-refractivity contribution in [3.05, 3.63) is 17.7 Å². The first-order valence-electron chi connectivity index (χ1n) is 4.39. The first-order valence-corrected chi connectivity index (χ1v) is 6.32. The van der Waals surface area contributed by atoms with Gasteiger partial charge in [0, 0.05) is 4.90 Å². The lowest BCUT2D eigenvalue weighted by molar-refractivity contribution is -0.139. The highest BCUT2D eigenvalue weighted by atomic mass is 32.2. The Morgan fingerprint density at radius 1 is 1.29 bits per heavy atom. The molecular weight excluding hydrogens is 277 g/mol. The van der Waals surface area contributed by atoms with Crippen molar-refractivity contribution in [3.8, 4) is 0 Å². The fourth-order valence-corrected chi connectivity index (χ4v) is 2.98. The average molecular weight is 284 g/mol. The number of thiol groups is 1. The van der Waals surface area contributed by atoms with Crippen molar-refractivity contribution in [3.63, 3.8) is 0 Å². The molecule has 1 heterocycles. The van der Waals surface area contributed by atoms with Crippen LogP contribution in [0.1, 0.15) is 5.56 Å². The highest BCUT2D eigenvalue weighted by Crippen LogP contribution is 2.38. The Morgan fingerprint density at radius 3 is 2.53 bits per heavy atom. The Morgan fingerprint density at radius 2 is 1.94 bits per heavy atom. The van der Waals surface area contributed by atoms with Gasteiger partial charge in [0.05, 0.1) is 17.9 Å². The summed E-state index contributed by atoms with van der Waals surface area (Å²) in [5, 5.41) is 2.53. The fourth-order valence-electron chi connectivity index (χ4n) is 1.46. The third kappa shape index (κ3) is 2.22. The molecule has 0 fully saturated rings. The van der Waals surface area contributed by atoms with Crippen LogP contribution in [0.15, 0.2) is 21.9 Å². The van der Waals surface area contributed by atoms with E-state index < -0.39 is 26.7 Å². The minimum atomic E-state index is -4.57. The number of alkyl halides is 3. The largest absolute Gasteiger partial charge is 0.417 e. The lowest BCUT2D eigenvalue weighted by Crippen LogP contribution is -2.34. The Bertz CT molecular complexity index is 569. The van der Waals surface area contributed by atoms with Crippen molar-refractivity contribution in [1.82, 2.24) is 4.72 Å². The zero-order valence-corrected chi connectivity index (χ0v) is 9.88. The molecular formula is C8H7F3N2O2S2. The summed E-state index contributed by atoms with van der Waals surface area (Å²) in [6.07, 6.45) is -4.57. The van der Waals surface area contributed by atoms with Gasteiger partial charge in [0.1, 0.15) is 4.90 Å². The highest BCUT2D eigenvalue weighted by molar-refractivity contribution is 7.89. The quantitative estimate of drug-likeness (QED) is 0.635. The van der Waals surface area contributed by atoms with E-state index in [0.717, 1.165) is 12.1 Å². The molecule has 1 aliphatic rings. The molecule has 0 aromatic heterocycles. The van der Waals surface area contributed by atoms with Gasteiger partial charge in [-0.1, -0.05) is 0 Å². The second-order valence-electron chi connectivity index (χ2n) is 3.36. The van der Waals surface area contributed by atoms with Crippen molar-refractivity contribution in [1.29, 1.82) is 0 Å². The monoisotopic (exact) mass is 284 g/mol. The molecule has 4 nitrogen and oxygen atoms in total. The van der Waals surface area contributed by atoms with Crippen molar-refractivity contribution in [2.45, 2.75) is 16.0 Å². The molecule has 0 unspecified atom stereocenters. The fraction of sp³-hybridized carbons (Fsp3) is 0.250. The number of rotatable bonds is 0. The predicted molar refractivity (Wildman–Crippen MR) is 57.5 cm³/mol. The van der Waals surface area contributed by atoms with Gasteiger partial charge in [-0.25, -0.2) is 8.42 Å². The van der Waals surface area contributed by atoms with Crippen LogP contribution < -0.4 is 10.0 Å². The molecule has 1 aliphatic heterocycles. The number of nitrogens with one attached hydrogen (secondary N) is 2. The SMILES string of the molecule is O=S1(=O)NCNc2cc(C(F)(F)F)c(S)cc21. The van der Waals surface area contributed by atoms with Gasteiger partial charge < -0.3 is 5.32 Å². The van der Waals surface area contributed by atoms with E-state index >= 15 is 0 Å². The number of hydrogen-bond donors (Lipinski definition) is 3. The molecule has 0 saturated carbocycles. The van der Waals surface area contributed by atoms with Gasteiger partial charge in [-0.2, -0.15) is 17.9 Å². The van der Waals surface area contributed by atoms with Gasteiger partial charge in [0.2, 0.25) is 10.0 Å². The van der Waals surface area contributed by atoms with Crippen LogP contribution in [0.2, 0.25) is 0 Å². The molecule has 0 atom stereocenters. The van der Waals surface area contributed by atoms with E-state index in [1.54, 1.807) is 0 Å². The summed E-state index contributed by atoms with van der Waals surface area (Å²) in [7, 11) is -3.76. The van der Waals surface area contributed by atoms with Gasteiger partial charge in [0.15, 0.2) is 0 Å². The number of hydrogen-bond acceptors (Lipinski definition) is 4. The molecule has 0 amide bonds. The van der Waals surface area contributed by atoms with E-state index in [0.29, 0.717) is 0 Å². The van der Waals surface area contributed by atoms with Crippen LogP contribution in [0.4, 0.5) is 18.9 Å². The Balaban J connectivity index is 2.67. The minimum Gasteiger partial charge on any atom is -0.370 e. The van der Waals surface area contributed by atoms with E-state index in [1.165, 1.54) is 0 Å². The van der Waals surface area contributed by atoms with E-state index in [9.17, 15) is 21.6 Å². The molecule has 94 valence electrons. The molecule has 1 aromatic carbocycles. The Hall–Kier alpha value is -0.930. The number of fused-ring (bicyclic) bond motifs is 1. The number of benzene rings is 1. The zero-order valence-electron chi connectivity index (χ0n) is 8.17. The van der Waals surface area contributed by atoms with Crippen molar-refractivity contribution in [2.75, 3.05) is 12.0 Å². The molecule has 17 heavy (non-hydrogen) atoms. The lowest BCUT2D eigenvalue weighted by Gasteiger charge is -2.21. The van der Waals surface area contributed by atoms with E-state index in [4.69, 9.17) is 0 Å². The van der Waals surface area contributed by atoms with Crippen LogP contribution in [-0.4, -0.2) is 15.1 Å². The molecule has 2 rings (SSSR count). The summed E-state index contributed by atoms with van der Waals surface area (Å²) in [6.45, 7) is -0.140. The van der Waals surface area contributed by atoms with Crippen LogP contribution in [0.25, 0.3) is 0 Å². The molecule has 0 bridgehead atoms. The lowest BCUT2D eigenvalue weighted by atomic mass is 10.2. The maximum Gasteiger partial charge on any atom is 0.417 e. The van der Waals surface area contributed by atoms with Crippen molar-refractivity contribution in [2.24, 2.45) is 0 Å². The third-order valence-electron chi connectivity index (χ3n) is 2.23. The molecule has 9 heteroatoms. The summed E-state index contributed by atoms with van der Waals surface area (Å²) < 4.78 is 62.9. The minimum absolute atomic E-state index is 0.0751. The summed E-state index contributed by atoms with van der Waals surface area (Å²) in [6, 6.07) is 1.63. The Kier molecular flexibility index (Phi) is 2.79. The van der Waals surface area contributed by atoms with Crippen LogP contribution in [0.3, 0.4) is 0 Å². The normalized spacial score (nSPS) is 18.4. The first kappa shape index (κ1) is 12.5. The van der Waals surface area contributed by atoms with Crippen molar-refractivity contribution >= 4 is 28.3 Å². The first-order chi connectivity index (χ1) is 7.72. The summed E-state index contributed by atoms with van der Waals surface area (Å²) in [5.41, 5.74) is -1.04. The maximum absolute atomic E-state index is 12.6. The van der Waals surface area contributed by atoms with Gasteiger partial charge >= 0.3 is 6.18 Å². The number of halogens is 3. The molecule has 0 radical (unpaired) electrons. The number of anilines is 1. The smallest absolute Gasteiger partial charge is 0.370 e. The average Bonchev–Trinajstić information content (AvgIpc) is 2.16. The van der Waals surface area contributed by atoms with Crippen LogP contribution >= 0.6 is 12.6 Å². The van der Waals surface area contributed by atoms with E-state index in [1.807, 2.05) is 0 Å². The summed E-state index contributed by atoms with van der Waals surface area (Å²) in [5.74, 6) is 0.